The minimum absolute atomic E-state index is 0.273. The number of thiophene rings is 1. The van der Waals surface area contributed by atoms with Gasteiger partial charge in [0.15, 0.2) is 0 Å². The first kappa shape index (κ1) is 12.3. The highest BCUT2D eigenvalue weighted by atomic mass is 35.5. The minimum atomic E-state index is 0.273. The van der Waals surface area contributed by atoms with E-state index in [-0.39, 0.29) is 5.28 Å². The molecule has 0 atom stereocenters. The lowest BCUT2D eigenvalue weighted by Crippen LogP contribution is -2.07. The van der Waals surface area contributed by atoms with E-state index < -0.39 is 0 Å². The van der Waals surface area contributed by atoms with Crippen LogP contribution in [-0.4, -0.2) is 21.5 Å². The van der Waals surface area contributed by atoms with E-state index in [0.29, 0.717) is 0 Å². The molecule has 3 rings (SSSR count). The van der Waals surface area contributed by atoms with Crippen molar-refractivity contribution in [1.82, 2.24) is 15.0 Å². The van der Waals surface area contributed by atoms with Crippen LogP contribution in [0.5, 0.6) is 0 Å². The molecule has 6 heteroatoms. The molecule has 3 aromatic heterocycles. The second kappa shape index (κ2) is 5.50. The van der Waals surface area contributed by atoms with Gasteiger partial charge in [-0.25, -0.2) is 9.97 Å². The molecule has 0 amide bonds. The number of hydrogen-bond acceptors (Lipinski definition) is 5. The Balaban J connectivity index is 1.73. The van der Waals surface area contributed by atoms with Crippen LogP contribution < -0.4 is 5.32 Å². The van der Waals surface area contributed by atoms with Crippen LogP contribution in [0.15, 0.2) is 35.8 Å². The summed E-state index contributed by atoms with van der Waals surface area (Å²) in [5.41, 5.74) is 1.05. The molecule has 0 saturated carbocycles. The van der Waals surface area contributed by atoms with Gasteiger partial charge in [-0.2, -0.15) is 0 Å². The summed E-state index contributed by atoms with van der Waals surface area (Å²) in [5.74, 6) is 0.784. The Morgan fingerprint density at radius 2 is 2.16 bits per heavy atom. The molecule has 0 bridgehead atoms. The van der Waals surface area contributed by atoms with E-state index in [4.69, 9.17) is 11.6 Å². The number of anilines is 1. The van der Waals surface area contributed by atoms with E-state index in [1.165, 1.54) is 0 Å². The van der Waals surface area contributed by atoms with E-state index in [9.17, 15) is 0 Å². The predicted octanol–water partition coefficient (Wildman–Crippen LogP) is 3.39. The Kier molecular flexibility index (Phi) is 3.57. The average molecular weight is 291 g/mol. The molecule has 0 aliphatic rings. The van der Waals surface area contributed by atoms with Crippen molar-refractivity contribution in [2.75, 3.05) is 11.9 Å². The van der Waals surface area contributed by atoms with Gasteiger partial charge >= 0.3 is 0 Å². The third-order valence-electron chi connectivity index (χ3n) is 2.70. The van der Waals surface area contributed by atoms with Crippen molar-refractivity contribution in [2.45, 2.75) is 6.42 Å². The zero-order chi connectivity index (χ0) is 13.1. The van der Waals surface area contributed by atoms with Gasteiger partial charge in [-0.15, -0.1) is 11.3 Å². The maximum atomic E-state index is 5.91. The second-order valence-electron chi connectivity index (χ2n) is 3.98. The summed E-state index contributed by atoms with van der Waals surface area (Å²) in [6.45, 7) is 0.759. The number of pyridine rings is 1. The zero-order valence-electron chi connectivity index (χ0n) is 10.0. The Morgan fingerprint density at radius 3 is 3.00 bits per heavy atom. The summed E-state index contributed by atoms with van der Waals surface area (Å²) >= 11 is 7.47. The average Bonchev–Trinajstić information content (AvgIpc) is 2.88. The normalized spacial score (nSPS) is 10.8. The van der Waals surface area contributed by atoms with Crippen LogP contribution in [0.25, 0.3) is 10.2 Å². The molecule has 19 heavy (non-hydrogen) atoms. The van der Waals surface area contributed by atoms with Crippen LogP contribution in [0.2, 0.25) is 5.28 Å². The molecule has 96 valence electrons. The number of nitrogens with one attached hydrogen (secondary N) is 1. The van der Waals surface area contributed by atoms with Crippen molar-refractivity contribution in [2.24, 2.45) is 0 Å². The summed E-state index contributed by atoms with van der Waals surface area (Å²) in [5, 5.41) is 6.56. The standard InChI is InChI=1S/C13H11ClN4S/c14-13-17-11(10-5-8-19-12(10)18-13)16-7-4-9-3-1-2-6-15-9/h1-3,5-6,8H,4,7H2,(H,16,17,18). The van der Waals surface area contributed by atoms with Gasteiger partial charge < -0.3 is 5.32 Å². The van der Waals surface area contributed by atoms with Gasteiger partial charge in [-0.05, 0) is 35.2 Å². The number of hydrogen-bond donors (Lipinski definition) is 1. The van der Waals surface area contributed by atoms with Gasteiger partial charge in [0.2, 0.25) is 5.28 Å². The van der Waals surface area contributed by atoms with Crippen molar-refractivity contribution in [3.8, 4) is 0 Å². The smallest absolute Gasteiger partial charge is 0.225 e. The third kappa shape index (κ3) is 2.83. The molecule has 1 N–H and O–H groups in total. The van der Waals surface area contributed by atoms with Gasteiger partial charge in [-0.3, -0.25) is 4.98 Å². The molecule has 0 unspecified atom stereocenters. The van der Waals surface area contributed by atoms with Crippen molar-refractivity contribution in [3.63, 3.8) is 0 Å². The fourth-order valence-corrected chi connectivity index (χ4v) is 2.80. The summed E-state index contributed by atoms with van der Waals surface area (Å²) in [7, 11) is 0. The van der Waals surface area contributed by atoms with E-state index in [2.05, 4.69) is 20.3 Å². The summed E-state index contributed by atoms with van der Waals surface area (Å²) in [6, 6.07) is 7.91. The Morgan fingerprint density at radius 1 is 1.21 bits per heavy atom. The first-order valence-electron chi connectivity index (χ1n) is 5.87. The molecule has 0 fully saturated rings. The molecule has 0 aliphatic carbocycles. The molecule has 0 aromatic carbocycles. The van der Waals surface area contributed by atoms with E-state index in [1.54, 1.807) is 17.5 Å². The van der Waals surface area contributed by atoms with Gasteiger partial charge in [0.25, 0.3) is 0 Å². The van der Waals surface area contributed by atoms with Crippen molar-refractivity contribution in [3.05, 3.63) is 46.8 Å². The first-order valence-corrected chi connectivity index (χ1v) is 7.13. The number of aromatic nitrogens is 3. The van der Waals surface area contributed by atoms with Crippen molar-refractivity contribution < 1.29 is 0 Å². The van der Waals surface area contributed by atoms with Crippen LogP contribution in [0.3, 0.4) is 0 Å². The third-order valence-corrected chi connectivity index (χ3v) is 3.67. The molecule has 0 saturated heterocycles. The number of halogens is 1. The molecule has 3 heterocycles. The Bertz CT molecular complexity index is 683. The van der Waals surface area contributed by atoms with E-state index in [1.807, 2.05) is 29.6 Å². The monoisotopic (exact) mass is 290 g/mol. The fourth-order valence-electron chi connectivity index (χ4n) is 1.82. The molecular formula is C13H11ClN4S. The highest BCUT2D eigenvalue weighted by molar-refractivity contribution is 7.16. The van der Waals surface area contributed by atoms with Crippen LogP contribution >= 0.6 is 22.9 Å². The fraction of sp³-hybridized carbons (Fsp3) is 0.154. The lowest BCUT2D eigenvalue weighted by atomic mass is 10.2. The van der Waals surface area contributed by atoms with Gasteiger partial charge in [0, 0.05) is 24.9 Å². The largest absolute Gasteiger partial charge is 0.369 e. The molecule has 3 aromatic rings. The van der Waals surface area contributed by atoms with Crippen LogP contribution in [0, 0.1) is 0 Å². The highest BCUT2D eigenvalue weighted by Crippen LogP contribution is 2.26. The molecule has 0 radical (unpaired) electrons. The summed E-state index contributed by atoms with van der Waals surface area (Å²) < 4.78 is 0. The van der Waals surface area contributed by atoms with Gasteiger partial charge in [-0.1, -0.05) is 6.07 Å². The van der Waals surface area contributed by atoms with E-state index in [0.717, 1.165) is 34.7 Å². The van der Waals surface area contributed by atoms with Crippen LogP contribution in [-0.2, 0) is 6.42 Å². The quantitative estimate of drug-likeness (QED) is 0.748. The summed E-state index contributed by atoms with van der Waals surface area (Å²) in [4.78, 5) is 13.6. The first-order chi connectivity index (χ1) is 9.33. The summed E-state index contributed by atoms with van der Waals surface area (Å²) in [6.07, 6.45) is 2.64. The Labute approximate surface area is 119 Å². The zero-order valence-corrected chi connectivity index (χ0v) is 11.6. The maximum Gasteiger partial charge on any atom is 0.225 e. The lowest BCUT2D eigenvalue weighted by Gasteiger charge is -2.06. The van der Waals surface area contributed by atoms with Gasteiger partial charge in [0.1, 0.15) is 10.6 Å². The topological polar surface area (TPSA) is 50.7 Å². The second-order valence-corrected chi connectivity index (χ2v) is 5.21. The molecule has 0 aliphatic heterocycles. The number of rotatable bonds is 4. The molecule has 4 nitrogen and oxygen atoms in total. The Hall–Kier alpha value is -1.72. The molecular weight excluding hydrogens is 280 g/mol. The minimum Gasteiger partial charge on any atom is -0.369 e. The van der Waals surface area contributed by atoms with Gasteiger partial charge in [0.05, 0.1) is 5.39 Å². The van der Waals surface area contributed by atoms with Crippen molar-refractivity contribution >= 4 is 39.0 Å². The van der Waals surface area contributed by atoms with E-state index >= 15 is 0 Å². The van der Waals surface area contributed by atoms with Crippen LogP contribution in [0.4, 0.5) is 5.82 Å². The number of fused-ring (bicyclic) bond motifs is 1. The van der Waals surface area contributed by atoms with Crippen LogP contribution in [0.1, 0.15) is 5.69 Å². The SMILES string of the molecule is Clc1nc(NCCc2ccccn2)c2ccsc2n1. The number of nitrogens with zero attached hydrogens (tertiary/aromatic N) is 3. The highest BCUT2D eigenvalue weighted by Gasteiger charge is 2.07. The predicted molar refractivity (Wildman–Crippen MR) is 78.9 cm³/mol. The molecule has 0 spiro atoms. The maximum absolute atomic E-state index is 5.91. The van der Waals surface area contributed by atoms with Crippen molar-refractivity contribution in [1.29, 1.82) is 0 Å². The lowest BCUT2D eigenvalue weighted by molar-refractivity contribution is 0.954.